The van der Waals surface area contributed by atoms with E-state index in [2.05, 4.69) is 30.7 Å². The lowest BCUT2D eigenvalue weighted by molar-refractivity contribution is 0.531. The Labute approximate surface area is 119 Å². The Balaban J connectivity index is 1.87. The van der Waals surface area contributed by atoms with Crippen LogP contribution in [0.15, 0.2) is 6.07 Å². The molecule has 2 aromatic rings. The smallest absolute Gasteiger partial charge is 0.216 e. The first-order valence-electron chi connectivity index (χ1n) is 7.30. The average molecular weight is 268 g/mol. The maximum absolute atomic E-state index is 4.72. The van der Waals surface area contributed by atoms with Gasteiger partial charge >= 0.3 is 0 Å². The van der Waals surface area contributed by atoms with Gasteiger partial charge in [0.15, 0.2) is 0 Å². The molecule has 1 fully saturated rings. The van der Waals surface area contributed by atoms with Crippen LogP contribution in [0.1, 0.15) is 48.1 Å². The monoisotopic (exact) mass is 268 g/mol. The van der Waals surface area contributed by atoms with Crippen LogP contribution in [0.25, 0.3) is 5.95 Å². The molecule has 0 bridgehead atoms. The molecule has 0 aromatic carbocycles. The van der Waals surface area contributed by atoms with Crippen LogP contribution in [-0.4, -0.2) is 19.7 Å². The Morgan fingerprint density at radius 3 is 2.45 bits per heavy atom. The molecule has 1 saturated carbocycles. The molecule has 20 heavy (non-hydrogen) atoms. The van der Waals surface area contributed by atoms with Crippen molar-refractivity contribution in [2.24, 2.45) is 11.3 Å². The molecule has 4 heteroatoms. The summed E-state index contributed by atoms with van der Waals surface area (Å²) in [6.07, 6.45) is 1.12. The van der Waals surface area contributed by atoms with E-state index in [9.17, 15) is 0 Å². The molecule has 0 amide bonds. The molecule has 2 aromatic heterocycles. The van der Waals surface area contributed by atoms with Gasteiger partial charge in [-0.2, -0.15) is 5.10 Å². The fourth-order valence-electron chi connectivity index (χ4n) is 4.06. The van der Waals surface area contributed by atoms with Gasteiger partial charge in [0.2, 0.25) is 0 Å². The minimum Gasteiger partial charge on any atom is -0.216 e. The quantitative estimate of drug-likeness (QED) is 0.798. The molecule has 0 saturated heterocycles. The van der Waals surface area contributed by atoms with Gasteiger partial charge in [-0.25, -0.2) is 14.6 Å². The fourth-order valence-corrected chi connectivity index (χ4v) is 4.06. The molecule has 0 radical (unpaired) electrons. The van der Waals surface area contributed by atoms with E-state index in [0.29, 0.717) is 11.3 Å². The predicted molar refractivity (Wildman–Crippen MR) is 77.1 cm³/mol. The minimum absolute atomic E-state index is 0.453. The number of nitrogens with zero attached hydrogens (tertiary/aromatic N) is 4. The van der Waals surface area contributed by atoms with Crippen molar-refractivity contribution in [2.45, 2.75) is 47.0 Å². The molecule has 2 aliphatic carbocycles. The predicted octanol–water partition coefficient (Wildman–Crippen LogP) is 2.88. The third-order valence-electron chi connectivity index (χ3n) is 5.14. The summed E-state index contributed by atoms with van der Waals surface area (Å²) >= 11 is 0. The minimum atomic E-state index is 0.453. The highest BCUT2D eigenvalue weighted by atomic mass is 15.4. The van der Waals surface area contributed by atoms with Gasteiger partial charge in [-0.3, -0.25) is 0 Å². The van der Waals surface area contributed by atoms with Crippen LogP contribution in [0, 0.1) is 32.1 Å². The van der Waals surface area contributed by atoms with Crippen molar-refractivity contribution in [3.8, 4) is 5.95 Å². The highest BCUT2D eigenvalue weighted by molar-refractivity contribution is 5.47. The molecule has 2 atom stereocenters. The molecule has 4 rings (SSSR count). The van der Waals surface area contributed by atoms with Crippen LogP contribution >= 0.6 is 0 Å². The normalized spacial score (nSPS) is 25.4. The van der Waals surface area contributed by atoms with E-state index < -0.39 is 0 Å². The molecule has 2 aliphatic rings. The maximum atomic E-state index is 4.72. The second-order valence-corrected chi connectivity index (χ2v) is 6.92. The van der Waals surface area contributed by atoms with Gasteiger partial charge in [0, 0.05) is 17.0 Å². The molecule has 4 nitrogen and oxygen atoms in total. The Kier molecular flexibility index (Phi) is 2.10. The lowest BCUT2D eigenvalue weighted by atomic mass is 9.98. The molecular weight excluding hydrogens is 248 g/mol. The first kappa shape index (κ1) is 12.1. The number of rotatable bonds is 1. The van der Waals surface area contributed by atoms with Gasteiger partial charge < -0.3 is 0 Å². The van der Waals surface area contributed by atoms with E-state index in [1.54, 1.807) is 0 Å². The van der Waals surface area contributed by atoms with E-state index in [0.717, 1.165) is 35.4 Å². The van der Waals surface area contributed by atoms with Crippen molar-refractivity contribution in [2.75, 3.05) is 0 Å². The second kappa shape index (κ2) is 3.48. The lowest BCUT2D eigenvalue weighted by Crippen LogP contribution is -2.10. The molecule has 0 spiro atoms. The van der Waals surface area contributed by atoms with E-state index >= 15 is 0 Å². The van der Waals surface area contributed by atoms with Crippen molar-refractivity contribution in [3.05, 3.63) is 34.4 Å². The zero-order valence-corrected chi connectivity index (χ0v) is 12.7. The molecule has 0 N–H and O–H groups in total. The first-order chi connectivity index (χ1) is 9.39. The van der Waals surface area contributed by atoms with Gasteiger partial charge in [-0.1, -0.05) is 13.8 Å². The Hall–Kier alpha value is -1.71. The highest BCUT2D eigenvalue weighted by Crippen LogP contribution is 2.70. The summed E-state index contributed by atoms with van der Waals surface area (Å²) < 4.78 is 1.98. The molecule has 104 valence electrons. The van der Waals surface area contributed by atoms with Gasteiger partial charge in [0.25, 0.3) is 5.95 Å². The largest absolute Gasteiger partial charge is 0.251 e. The molecule has 0 unspecified atom stereocenters. The Bertz CT molecular complexity index is 706. The van der Waals surface area contributed by atoms with Crippen LogP contribution in [-0.2, 0) is 6.42 Å². The SMILES string of the molecule is Cc1cc(C)nc(-n2nc(C)c3c2C[C@H]2[C@H]3C2(C)C)n1. The van der Waals surface area contributed by atoms with Crippen molar-refractivity contribution in [3.63, 3.8) is 0 Å². The fraction of sp³-hybridized carbons (Fsp3) is 0.562. The standard InChI is InChI=1S/C16H20N4/c1-8-6-9(2)18-15(17-8)20-12-7-11-14(16(11,4)5)13(12)10(3)19-20/h6,11,14H,7H2,1-5H3/t11-,14+/m0/s1. The molecular formula is C16H20N4. The van der Waals surface area contributed by atoms with E-state index in [4.69, 9.17) is 5.10 Å². The number of aromatic nitrogens is 4. The number of hydrogen-bond acceptors (Lipinski definition) is 3. The summed E-state index contributed by atoms with van der Waals surface area (Å²) in [7, 11) is 0. The average Bonchev–Trinajstić information content (AvgIpc) is 2.71. The maximum Gasteiger partial charge on any atom is 0.251 e. The van der Waals surface area contributed by atoms with Crippen LogP contribution in [0.2, 0.25) is 0 Å². The third-order valence-corrected chi connectivity index (χ3v) is 5.14. The van der Waals surface area contributed by atoms with Crippen LogP contribution < -0.4 is 0 Å². The zero-order chi connectivity index (χ0) is 14.2. The van der Waals surface area contributed by atoms with Gasteiger partial charge in [-0.15, -0.1) is 0 Å². The summed E-state index contributed by atoms with van der Waals surface area (Å²) in [5.74, 6) is 2.20. The molecule has 2 heterocycles. The topological polar surface area (TPSA) is 43.6 Å². The van der Waals surface area contributed by atoms with Gasteiger partial charge in [0.05, 0.1) is 11.4 Å². The third kappa shape index (κ3) is 1.39. The first-order valence-corrected chi connectivity index (χ1v) is 7.30. The van der Waals surface area contributed by atoms with Crippen molar-refractivity contribution >= 4 is 0 Å². The van der Waals surface area contributed by atoms with Crippen LogP contribution in [0.3, 0.4) is 0 Å². The van der Waals surface area contributed by atoms with Crippen molar-refractivity contribution < 1.29 is 0 Å². The summed E-state index contributed by atoms with van der Waals surface area (Å²) in [6.45, 7) is 10.9. The summed E-state index contributed by atoms with van der Waals surface area (Å²) in [5.41, 5.74) is 6.40. The van der Waals surface area contributed by atoms with E-state index in [1.807, 2.05) is 24.6 Å². The molecule has 0 aliphatic heterocycles. The summed E-state index contributed by atoms with van der Waals surface area (Å²) in [6, 6.07) is 2.00. The number of aryl methyl sites for hydroxylation is 3. The lowest BCUT2D eigenvalue weighted by Gasteiger charge is -2.10. The van der Waals surface area contributed by atoms with Gasteiger partial charge in [-0.05, 0) is 50.5 Å². The van der Waals surface area contributed by atoms with Crippen LogP contribution in [0.4, 0.5) is 0 Å². The van der Waals surface area contributed by atoms with E-state index in [1.165, 1.54) is 11.3 Å². The van der Waals surface area contributed by atoms with Gasteiger partial charge in [0.1, 0.15) is 0 Å². The van der Waals surface area contributed by atoms with Crippen LogP contribution in [0.5, 0.6) is 0 Å². The summed E-state index contributed by atoms with van der Waals surface area (Å²) in [5, 5.41) is 4.72. The Morgan fingerprint density at radius 2 is 1.80 bits per heavy atom. The van der Waals surface area contributed by atoms with E-state index in [-0.39, 0.29) is 0 Å². The number of hydrogen-bond donors (Lipinski definition) is 0. The zero-order valence-electron chi connectivity index (χ0n) is 12.7. The highest BCUT2D eigenvalue weighted by Gasteiger charge is 2.63. The second-order valence-electron chi connectivity index (χ2n) is 6.92. The number of fused-ring (bicyclic) bond motifs is 3. The Morgan fingerprint density at radius 1 is 1.15 bits per heavy atom. The van der Waals surface area contributed by atoms with Crippen molar-refractivity contribution in [1.29, 1.82) is 0 Å². The summed E-state index contributed by atoms with van der Waals surface area (Å²) in [4.78, 5) is 9.12. The van der Waals surface area contributed by atoms with Crippen molar-refractivity contribution in [1.82, 2.24) is 19.7 Å².